The Bertz CT molecular complexity index is 501. The number of rotatable bonds is 6. The Morgan fingerprint density at radius 1 is 1.27 bits per heavy atom. The summed E-state index contributed by atoms with van der Waals surface area (Å²) in [7, 11) is 0. The lowest BCUT2D eigenvalue weighted by Gasteiger charge is -2.17. The van der Waals surface area contributed by atoms with Crippen LogP contribution in [-0.4, -0.2) is 17.5 Å². The molecule has 0 spiro atoms. The van der Waals surface area contributed by atoms with Gasteiger partial charge >= 0.3 is 5.97 Å². The maximum absolute atomic E-state index is 12.1. The molecule has 0 saturated heterocycles. The largest absolute Gasteiger partial charge is 0.431 e. The van der Waals surface area contributed by atoms with Crippen LogP contribution in [0.1, 0.15) is 58.3 Å². The molecule has 2 aliphatic rings. The van der Waals surface area contributed by atoms with Crippen LogP contribution in [0.15, 0.2) is 24.0 Å². The molecule has 0 heterocycles. The highest BCUT2D eigenvalue weighted by Gasteiger charge is 2.35. The molecule has 1 saturated carbocycles. The minimum absolute atomic E-state index is 0.0210. The maximum atomic E-state index is 12.1. The summed E-state index contributed by atoms with van der Waals surface area (Å²) in [6.45, 7) is 2.06. The van der Waals surface area contributed by atoms with Crippen molar-refractivity contribution in [1.82, 2.24) is 0 Å². The van der Waals surface area contributed by atoms with Crippen LogP contribution >= 0.6 is 0 Å². The number of allylic oxidation sites excluding steroid dienone is 4. The summed E-state index contributed by atoms with van der Waals surface area (Å²) in [5, 5.41) is 0. The average molecular weight is 304 g/mol. The van der Waals surface area contributed by atoms with Crippen molar-refractivity contribution < 1.29 is 19.1 Å². The van der Waals surface area contributed by atoms with Crippen LogP contribution in [0.3, 0.4) is 0 Å². The number of hydrogen-bond acceptors (Lipinski definition) is 4. The third kappa shape index (κ3) is 4.65. The SMILES string of the molecule is CC/C=C/CC1C(=O)CCC1CC(=O)OC1=CC(=O)CCC1. The first kappa shape index (κ1) is 16.7. The monoisotopic (exact) mass is 304 g/mol. The Labute approximate surface area is 131 Å². The number of carbonyl (C=O) groups is 3. The van der Waals surface area contributed by atoms with E-state index in [9.17, 15) is 14.4 Å². The highest BCUT2D eigenvalue weighted by Crippen LogP contribution is 2.34. The van der Waals surface area contributed by atoms with Crippen molar-refractivity contribution in [3.8, 4) is 0 Å². The molecule has 120 valence electrons. The Balaban J connectivity index is 1.88. The van der Waals surface area contributed by atoms with E-state index >= 15 is 0 Å². The van der Waals surface area contributed by atoms with E-state index in [0.29, 0.717) is 31.4 Å². The fourth-order valence-electron chi connectivity index (χ4n) is 3.20. The van der Waals surface area contributed by atoms with Gasteiger partial charge in [-0.3, -0.25) is 14.4 Å². The fourth-order valence-corrected chi connectivity index (χ4v) is 3.20. The van der Waals surface area contributed by atoms with Gasteiger partial charge in [-0.05, 0) is 31.6 Å². The van der Waals surface area contributed by atoms with Crippen LogP contribution in [0.2, 0.25) is 0 Å². The summed E-state index contributed by atoms with van der Waals surface area (Å²) < 4.78 is 5.30. The van der Waals surface area contributed by atoms with Crippen molar-refractivity contribution in [3.05, 3.63) is 24.0 Å². The Morgan fingerprint density at radius 2 is 2.09 bits per heavy atom. The summed E-state index contributed by atoms with van der Waals surface area (Å²) in [5.74, 6) is 0.454. The van der Waals surface area contributed by atoms with Crippen LogP contribution in [0.25, 0.3) is 0 Å². The highest BCUT2D eigenvalue weighted by molar-refractivity contribution is 5.91. The molecule has 2 unspecified atom stereocenters. The summed E-state index contributed by atoms with van der Waals surface area (Å²) in [6.07, 6.45) is 10.7. The number of carbonyl (C=O) groups excluding carboxylic acids is 3. The number of ketones is 2. The van der Waals surface area contributed by atoms with E-state index in [1.54, 1.807) is 0 Å². The molecular weight excluding hydrogens is 280 g/mol. The quantitative estimate of drug-likeness (QED) is 0.556. The van der Waals surface area contributed by atoms with Gasteiger partial charge in [0.05, 0.1) is 0 Å². The van der Waals surface area contributed by atoms with E-state index in [1.807, 2.05) is 6.08 Å². The van der Waals surface area contributed by atoms with Crippen LogP contribution in [0, 0.1) is 11.8 Å². The first-order chi connectivity index (χ1) is 10.6. The standard InChI is InChI=1S/C18H24O4/c1-2-3-4-8-16-13(9-10-17(16)20)11-18(21)22-15-7-5-6-14(19)12-15/h3-4,12-13,16H,2,5-11H2,1H3/b4-3+. The third-order valence-corrected chi connectivity index (χ3v) is 4.38. The molecule has 0 aliphatic heterocycles. The molecule has 4 nitrogen and oxygen atoms in total. The van der Waals surface area contributed by atoms with E-state index in [0.717, 1.165) is 19.3 Å². The first-order valence-electron chi connectivity index (χ1n) is 8.22. The minimum Gasteiger partial charge on any atom is -0.431 e. The zero-order valence-corrected chi connectivity index (χ0v) is 13.2. The molecule has 1 fully saturated rings. The topological polar surface area (TPSA) is 60.4 Å². The van der Waals surface area contributed by atoms with Crippen LogP contribution < -0.4 is 0 Å². The fraction of sp³-hybridized carbons (Fsp3) is 0.611. The molecule has 2 atom stereocenters. The highest BCUT2D eigenvalue weighted by atomic mass is 16.5. The van der Waals surface area contributed by atoms with E-state index in [2.05, 4.69) is 13.0 Å². The molecule has 2 rings (SSSR count). The van der Waals surface area contributed by atoms with Crippen molar-refractivity contribution in [2.75, 3.05) is 0 Å². The predicted molar refractivity (Wildman–Crippen MR) is 82.9 cm³/mol. The second-order valence-electron chi connectivity index (χ2n) is 6.10. The van der Waals surface area contributed by atoms with Gasteiger partial charge in [-0.25, -0.2) is 0 Å². The van der Waals surface area contributed by atoms with Gasteiger partial charge in [0.1, 0.15) is 11.5 Å². The summed E-state index contributed by atoms with van der Waals surface area (Å²) in [6, 6.07) is 0. The zero-order chi connectivity index (χ0) is 15.9. The number of ether oxygens (including phenoxy) is 1. The van der Waals surface area contributed by atoms with Crippen LogP contribution in [-0.2, 0) is 19.1 Å². The lowest BCUT2D eigenvalue weighted by molar-refractivity contribution is -0.141. The van der Waals surface area contributed by atoms with Gasteiger partial charge in [0.25, 0.3) is 0 Å². The van der Waals surface area contributed by atoms with E-state index in [1.165, 1.54) is 6.08 Å². The number of Topliss-reactive ketones (excluding diaryl/α,β-unsaturated/α-hetero) is 1. The second kappa shape index (κ2) is 8.06. The van der Waals surface area contributed by atoms with Gasteiger partial charge in [-0.15, -0.1) is 0 Å². The molecule has 0 aromatic carbocycles. The van der Waals surface area contributed by atoms with Crippen molar-refractivity contribution in [2.45, 2.75) is 58.3 Å². The maximum Gasteiger partial charge on any atom is 0.311 e. The van der Waals surface area contributed by atoms with Gasteiger partial charge in [-0.2, -0.15) is 0 Å². The van der Waals surface area contributed by atoms with E-state index in [4.69, 9.17) is 4.74 Å². The molecule has 0 radical (unpaired) electrons. The van der Waals surface area contributed by atoms with Gasteiger partial charge in [-0.1, -0.05) is 19.1 Å². The summed E-state index contributed by atoms with van der Waals surface area (Å²) in [4.78, 5) is 35.3. The minimum atomic E-state index is -0.315. The van der Waals surface area contributed by atoms with Crippen LogP contribution in [0.4, 0.5) is 0 Å². The summed E-state index contributed by atoms with van der Waals surface area (Å²) in [5.41, 5.74) is 0. The lowest BCUT2D eigenvalue weighted by Crippen LogP contribution is -2.19. The molecule has 0 aromatic heterocycles. The lowest BCUT2D eigenvalue weighted by atomic mass is 9.89. The molecular formula is C18H24O4. The molecule has 0 amide bonds. The van der Waals surface area contributed by atoms with Crippen molar-refractivity contribution >= 4 is 17.5 Å². The number of hydrogen-bond donors (Lipinski definition) is 0. The third-order valence-electron chi connectivity index (χ3n) is 4.38. The first-order valence-corrected chi connectivity index (χ1v) is 8.22. The van der Waals surface area contributed by atoms with Gasteiger partial charge in [0.15, 0.2) is 5.78 Å². The molecule has 0 bridgehead atoms. The molecule has 0 N–H and O–H groups in total. The smallest absolute Gasteiger partial charge is 0.311 e. The Kier molecular flexibility index (Phi) is 6.10. The van der Waals surface area contributed by atoms with E-state index < -0.39 is 0 Å². The van der Waals surface area contributed by atoms with E-state index in [-0.39, 0.29) is 35.8 Å². The zero-order valence-electron chi connectivity index (χ0n) is 13.2. The van der Waals surface area contributed by atoms with Crippen molar-refractivity contribution in [3.63, 3.8) is 0 Å². The molecule has 4 heteroatoms. The Hall–Kier alpha value is -1.71. The predicted octanol–water partition coefficient (Wildman–Crippen LogP) is 3.51. The Morgan fingerprint density at radius 3 is 2.82 bits per heavy atom. The molecule has 22 heavy (non-hydrogen) atoms. The van der Waals surface area contributed by atoms with Crippen molar-refractivity contribution in [1.29, 1.82) is 0 Å². The van der Waals surface area contributed by atoms with Gasteiger partial charge in [0.2, 0.25) is 0 Å². The molecule has 2 aliphatic carbocycles. The average Bonchev–Trinajstić information content (AvgIpc) is 2.80. The second-order valence-corrected chi connectivity index (χ2v) is 6.10. The van der Waals surface area contributed by atoms with Crippen LogP contribution in [0.5, 0.6) is 0 Å². The number of esters is 1. The summed E-state index contributed by atoms with van der Waals surface area (Å²) >= 11 is 0. The molecule has 0 aromatic rings. The normalized spacial score (nSPS) is 25.6. The van der Waals surface area contributed by atoms with Gasteiger partial charge in [0, 0.05) is 37.7 Å². The van der Waals surface area contributed by atoms with Crippen molar-refractivity contribution in [2.24, 2.45) is 11.8 Å². The van der Waals surface area contributed by atoms with Gasteiger partial charge < -0.3 is 4.74 Å².